The minimum Gasteiger partial charge on any atom is -0.497 e. The van der Waals surface area contributed by atoms with Crippen LogP contribution >= 0.6 is 12.4 Å². The third-order valence-corrected chi connectivity index (χ3v) is 2.11. The molecule has 1 aromatic rings. The van der Waals surface area contributed by atoms with Crippen molar-refractivity contribution in [3.8, 4) is 5.75 Å². The van der Waals surface area contributed by atoms with Crippen molar-refractivity contribution in [1.82, 2.24) is 5.32 Å². The molecular formula is C10H14ClNO2. The molecule has 14 heavy (non-hydrogen) atoms. The van der Waals surface area contributed by atoms with Gasteiger partial charge in [-0.1, -0.05) is 12.1 Å². The summed E-state index contributed by atoms with van der Waals surface area (Å²) in [6, 6.07) is 7.92. The predicted octanol–water partition coefficient (Wildman–Crippen LogP) is 1.74. The van der Waals surface area contributed by atoms with Gasteiger partial charge in [0.15, 0.2) is 0 Å². The van der Waals surface area contributed by atoms with Gasteiger partial charge in [-0.15, -0.1) is 12.4 Å². The van der Waals surface area contributed by atoms with Crippen LogP contribution in [0.1, 0.15) is 11.8 Å². The second kappa shape index (κ2) is 5.20. The van der Waals surface area contributed by atoms with Crippen LogP contribution in [0.15, 0.2) is 24.3 Å². The number of benzene rings is 1. The fourth-order valence-electron chi connectivity index (χ4n) is 1.44. The third kappa shape index (κ3) is 2.38. The van der Waals surface area contributed by atoms with Crippen LogP contribution < -0.4 is 10.1 Å². The summed E-state index contributed by atoms with van der Waals surface area (Å²) in [6.45, 7) is 1.70. The molecule has 0 bridgehead atoms. The number of nitrogens with one attached hydrogen (secondary N) is 1. The summed E-state index contributed by atoms with van der Waals surface area (Å²) in [4.78, 5) is 0. The lowest BCUT2D eigenvalue weighted by Gasteiger charge is -2.10. The molecule has 0 aromatic heterocycles. The monoisotopic (exact) mass is 215 g/mol. The maximum absolute atomic E-state index is 5.47. The number of ether oxygens (including phenoxy) is 2. The summed E-state index contributed by atoms with van der Waals surface area (Å²) in [7, 11) is 1.67. The van der Waals surface area contributed by atoms with Gasteiger partial charge in [0.05, 0.1) is 13.7 Å². The molecule has 4 heteroatoms. The lowest BCUT2D eigenvalue weighted by molar-refractivity contribution is 0.102. The Labute approximate surface area is 89.8 Å². The smallest absolute Gasteiger partial charge is 0.134 e. The SMILES string of the molecule is COc1cccc(C2NCCO2)c1.Cl. The van der Waals surface area contributed by atoms with Crippen LogP contribution in [0.4, 0.5) is 0 Å². The maximum atomic E-state index is 5.47. The Hall–Kier alpha value is -0.770. The average Bonchev–Trinajstić information content (AvgIpc) is 2.71. The first-order valence-electron chi connectivity index (χ1n) is 4.39. The molecule has 0 aliphatic carbocycles. The Bertz CT molecular complexity index is 287. The summed E-state index contributed by atoms with van der Waals surface area (Å²) in [6.07, 6.45) is 0.0371. The van der Waals surface area contributed by atoms with Gasteiger partial charge >= 0.3 is 0 Å². The number of rotatable bonds is 2. The zero-order valence-electron chi connectivity index (χ0n) is 8.03. The largest absolute Gasteiger partial charge is 0.497 e. The van der Waals surface area contributed by atoms with Crippen LogP contribution in [0.3, 0.4) is 0 Å². The van der Waals surface area contributed by atoms with E-state index in [0.29, 0.717) is 0 Å². The highest BCUT2D eigenvalue weighted by atomic mass is 35.5. The Morgan fingerprint density at radius 2 is 2.36 bits per heavy atom. The molecule has 0 saturated carbocycles. The number of hydrogen-bond acceptors (Lipinski definition) is 3. The fourth-order valence-corrected chi connectivity index (χ4v) is 1.44. The molecule has 2 rings (SSSR count). The molecule has 1 aliphatic heterocycles. The highest BCUT2D eigenvalue weighted by Crippen LogP contribution is 2.21. The fraction of sp³-hybridized carbons (Fsp3) is 0.400. The van der Waals surface area contributed by atoms with E-state index in [1.807, 2.05) is 24.3 Å². The van der Waals surface area contributed by atoms with Gasteiger partial charge in [0, 0.05) is 6.54 Å². The van der Waals surface area contributed by atoms with E-state index in [4.69, 9.17) is 9.47 Å². The van der Waals surface area contributed by atoms with E-state index in [0.717, 1.165) is 24.5 Å². The van der Waals surface area contributed by atoms with E-state index in [9.17, 15) is 0 Å². The molecular weight excluding hydrogens is 202 g/mol. The Balaban J connectivity index is 0.000000980. The molecule has 0 spiro atoms. The minimum atomic E-state index is 0. The first-order valence-corrected chi connectivity index (χ1v) is 4.39. The Morgan fingerprint density at radius 3 is 3.00 bits per heavy atom. The quantitative estimate of drug-likeness (QED) is 0.815. The number of hydrogen-bond donors (Lipinski definition) is 1. The molecule has 1 aromatic carbocycles. The molecule has 1 N–H and O–H groups in total. The molecule has 1 atom stereocenters. The second-order valence-corrected chi connectivity index (χ2v) is 2.98. The summed E-state index contributed by atoms with van der Waals surface area (Å²) < 4.78 is 10.6. The molecule has 3 nitrogen and oxygen atoms in total. The molecule has 0 amide bonds. The second-order valence-electron chi connectivity index (χ2n) is 2.98. The van der Waals surface area contributed by atoms with Gasteiger partial charge in [-0.25, -0.2) is 0 Å². The van der Waals surface area contributed by atoms with E-state index in [2.05, 4.69) is 5.32 Å². The van der Waals surface area contributed by atoms with Gasteiger partial charge in [0.2, 0.25) is 0 Å². The third-order valence-electron chi connectivity index (χ3n) is 2.11. The lowest BCUT2D eigenvalue weighted by Crippen LogP contribution is -2.13. The van der Waals surface area contributed by atoms with Crippen molar-refractivity contribution in [1.29, 1.82) is 0 Å². The average molecular weight is 216 g/mol. The zero-order chi connectivity index (χ0) is 9.10. The molecule has 1 saturated heterocycles. The van der Waals surface area contributed by atoms with Gasteiger partial charge in [0.25, 0.3) is 0 Å². The van der Waals surface area contributed by atoms with Crippen LogP contribution in [0.2, 0.25) is 0 Å². The van der Waals surface area contributed by atoms with Gasteiger partial charge in [-0.2, -0.15) is 0 Å². The molecule has 0 radical (unpaired) electrons. The standard InChI is InChI=1S/C10H13NO2.ClH/c1-12-9-4-2-3-8(7-9)10-11-5-6-13-10;/h2-4,7,10-11H,5-6H2,1H3;1H. The molecule has 1 unspecified atom stereocenters. The van der Waals surface area contributed by atoms with Crippen LogP contribution in [0.5, 0.6) is 5.75 Å². The highest BCUT2D eigenvalue weighted by molar-refractivity contribution is 5.85. The summed E-state index contributed by atoms with van der Waals surface area (Å²) >= 11 is 0. The van der Waals surface area contributed by atoms with Crippen LogP contribution in [0.25, 0.3) is 0 Å². The summed E-state index contributed by atoms with van der Waals surface area (Å²) in [5, 5.41) is 3.25. The number of halogens is 1. The molecule has 1 fully saturated rings. The minimum absolute atomic E-state index is 0. The Kier molecular flexibility index (Phi) is 4.20. The molecule has 78 valence electrons. The van der Waals surface area contributed by atoms with Crippen molar-refractivity contribution >= 4 is 12.4 Å². The van der Waals surface area contributed by atoms with Crippen LogP contribution in [-0.4, -0.2) is 20.3 Å². The first-order chi connectivity index (χ1) is 6.40. The van der Waals surface area contributed by atoms with Gasteiger partial charge < -0.3 is 9.47 Å². The van der Waals surface area contributed by atoms with E-state index < -0.39 is 0 Å². The van der Waals surface area contributed by atoms with E-state index >= 15 is 0 Å². The zero-order valence-corrected chi connectivity index (χ0v) is 8.84. The van der Waals surface area contributed by atoms with Crippen LogP contribution in [0, 0.1) is 0 Å². The van der Waals surface area contributed by atoms with Gasteiger partial charge in [-0.05, 0) is 17.7 Å². The van der Waals surface area contributed by atoms with Crippen molar-refractivity contribution in [3.63, 3.8) is 0 Å². The topological polar surface area (TPSA) is 30.5 Å². The van der Waals surface area contributed by atoms with Crippen molar-refractivity contribution in [2.45, 2.75) is 6.23 Å². The maximum Gasteiger partial charge on any atom is 0.134 e. The predicted molar refractivity (Wildman–Crippen MR) is 56.9 cm³/mol. The van der Waals surface area contributed by atoms with Crippen molar-refractivity contribution in [2.24, 2.45) is 0 Å². The van der Waals surface area contributed by atoms with Crippen LogP contribution in [-0.2, 0) is 4.74 Å². The van der Waals surface area contributed by atoms with Gasteiger partial charge in [0.1, 0.15) is 12.0 Å². The van der Waals surface area contributed by atoms with E-state index in [1.54, 1.807) is 7.11 Å². The van der Waals surface area contributed by atoms with Crippen molar-refractivity contribution < 1.29 is 9.47 Å². The van der Waals surface area contributed by atoms with Gasteiger partial charge in [-0.3, -0.25) is 5.32 Å². The van der Waals surface area contributed by atoms with E-state index in [1.165, 1.54) is 0 Å². The summed E-state index contributed by atoms with van der Waals surface area (Å²) in [5.74, 6) is 0.870. The molecule has 1 heterocycles. The molecule has 1 aliphatic rings. The van der Waals surface area contributed by atoms with Crippen molar-refractivity contribution in [3.05, 3.63) is 29.8 Å². The normalized spacial score (nSPS) is 20.2. The lowest BCUT2D eigenvalue weighted by atomic mass is 10.2. The number of methoxy groups -OCH3 is 1. The van der Waals surface area contributed by atoms with E-state index in [-0.39, 0.29) is 18.6 Å². The van der Waals surface area contributed by atoms with Crippen molar-refractivity contribution in [2.75, 3.05) is 20.3 Å². The summed E-state index contributed by atoms with van der Waals surface area (Å²) in [5.41, 5.74) is 1.12. The highest BCUT2D eigenvalue weighted by Gasteiger charge is 2.16. The Morgan fingerprint density at radius 1 is 1.50 bits per heavy atom. The first kappa shape index (κ1) is 11.3.